The molecule has 1 aliphatic rings. The number of phenolic OH excluding ortho intramolecular Hbond substituents is 1. The van der Waals surface area contributed by atoms with Crippen LogP contribution in [0.5, 0.6) is 5.75 Å². The fourth-order valence-electron chi connectivity index (χ4n) is 4.28. The fourth-order valence-corrected chi connectivity index (χ4v) is 7.15. The molecule has 8 heteroatoms. The normalized spacial score (nSPS) is 17.0. The highest BCUT2D eigenvalue weighted by Crippen LogP contribution is 2.43. The van der Waals surface area contributed by atoms with Crippen LogP contribution < -0.4 is 0 Å². The summed E-state index contributed by atoms with van der Waals surface area (Å²) in [4.78, 5) is 1.12. The number of rotatable bonds is 5. The predicted octanol–water partition coefficient (Wildman–Crippen LogP) is 4.76. The number of aromatic hydroxyl groups is 1. The van der Waals surface area contributed by atoms with E-state index in [0.717, 1.165) is 28.9 Å². The SMILES string of the molecule is Cn1c(CO)ccc1S(=O)(=O)N1CCC(Sc2cc(C(C)(C)C)c(O)c(C(C)(C)C)c2)CC1. The number of aliphatic hydroxyl groups is 1. The number of aliphatic hydroxyl groups excluding tert-OH is 1. The van der Waals surface area contributed by atoms with Gasteiger partial charge in [-0.3, -0.25) is 0 Å². The summed E-state index contributed by atoms with van der Waals surface area (Å²) in [5.74, 6) is 0.380. The van der Waals surface area contributed by atoms with E-state index in [4.69, 9.17) is 0 Å². The molecular weight excluding hydrogens is 456 g/mol. The van der Waals surface area contributed by atoms with Crippen molar-refractivity contribution in [2.75, 3.05) is 13.1 Å². The van der Waals surface area contributed by atoms with Crippen LogP contribution in [0.15, 0.2) is 34.2 Å². The predicted molar refractivity (Wildman–Crippen MR) is 134 cm³/mol. The molecule has 1 fully saturated rings. The first kappa shape index (κ1) is 26.1. The van der Waals surface area contributed by atoms with E-state index in [1.165, 1.54) is 0 Å². The van der Waals surface area contributed by atoms with E-state index in [0.29, 0.717) is 29.8 Å². The molecule has 0 spiro atoms. The van der Waals surface area contributed by atoms with Gasteiger partial charge in [-0.15, -0.1) is 11.8 Å². The lowest BCUT2D eigenvalue weighted by Gasteiger charge is -2.32. The molecule has 1 saturated heterocycles. The van der Waals surface area contributed by atoms with E-state index in [1.54, 1.807) is 39.8 Å². The van der Waals surface area contributed by atoms with E-state index in [-0.39, 0.29) is 22.5 Å². The molecule has 2 aromatic rings. The minimum atomic E-state index is -3.59. The first-order chi connectivity index (χ1) is 15.2. The molecule has 0 bridgehead atoms. The largest absolute Gasteiger partial charge is 0.507 e. The minimum absolute atomic E-state index is 0.180. The molecule has 0 amide bonds. The van der Waals surface area contributed by atoms with Gasteiger partial charge in [-0.05, 0) is 47.9 Å². The molecule has 0 radical (unpaired) electrons. The number of hydrogen-bond donors (Lipinski definition) is 2. The molecule has 1 aromatic heterocycles. The Morgan fingerprint density at radius 2 is 1.52 bits per heavy atom. The first-order valence-electron chi connectivity index (χ1n) is 11.5. The van der Waals surface area contributed by atoms with Crippen LogP contribution >= 0.6 is 11.8 Å². The lowest BCUT2D eigenvalue weighted by atomic mass is 9.79. The second-order valence-corrected chi connectivity index (χ2v) is 14.2. The van der Waals surface area contributed by atoms with Crippen LogP contribution in [-0.2, 0) is 34.5 Å². The van der Waals surface area contributed by atoms with Crippen molar-refractivity contribution >= 4 is 21.8 Å². The van der Waals surface area contributed by atoms with Gasteiger partial charge in [0.25, 0.3) is 10.0 Å². The van der Waals surface area contributed by atoms with Crippen LogP contribution in [-0.4, -0.2) is 45.8 Å². The molecule has 6 nitrogen and oxygen atoms in total. The van der Waals surface area contributed by atoms with Crippen molar-refractivity contribution in [2.24, 2.45) is 7.05 Å². The summed E-state index contributed by atoms with van der Waals surface area (Å²) in [5, 5.41) is 20.9. The Hall–Kier alpha value is -1.48. The number of nitrogens with zero attached hydrogens (tertiary/aromatic N) is 2. The van der Waals surface area contributed by atoms with Crippen molar-refractivity contribution in [2.45, 2.75) is 87.0 Å². The molecular formula is C25H38N2O4S2. The molecule has 1 aliphatic heterocycles. The van der Waals surface area contributed by atoms with Crippen LogP contribution in [0.25, 0.3) is 0 Å². The van der Waals surface area contributed by atoms with Crippen LogP contribution in [0.2, 0.25) is 0 Å². The minimum Gasteiger partial charge on any atom is -0.507 e. The summed E-state index contributed by atoms with van der Waals surface area (Å²) in [6.07, 6.45) is 1.52. The van der Waals surface area contributed by atoms with Gasteiger partial charge in [-0.1, -0.05) is 41.5 Å². The number of sulfonamides is 1. The average molecular weight is 495 g/mol. The Morgan fingerprint density at radius 3 is 1.94 bits per heavy atom. The van der Waals surface area contributed by atoms with Gasteiger partial charge in [0.1, 0.15) is 5.75 Å². The molecule has 0 unspecified atom stereocenters. The van der Waals surface area contributed by atoms with E-state index in [2.05, 4.69) is 53.7 Å². The Morgan fingerprint density at radius 1 is 1.00 bits per heavy atom. The van der Waals surface area contributed by atoms with E-state index >= 15 is 0 Å². The van der Waals surface area contributed by atoms with Crippen molar-refractivity contribution in [3.63, 3.8) is 0 Å². The number of hydrogen-bond acceptors (Lipinski definition) is 5. The smallest absolute Gasteiger partial charge is 0.258 e. The summed E-state index contributed by atoms with van der Waals surface area (Å²) >= 11 is 1.78. The summed E-state index contributed by atoms with van der Waals surface area (Å²) in [6.45, 7) is 13.4. The van der Waals surface area contributed by atoms with Gasteiger partial charge in [0, 0.05) is 47.1 Å². The molecule has 2 N–H and O–H groups in total. The number of benzene rings is 1. The first-order valence-corrected chi connectivity index (χ1v) is 13.8. The molecule has 33 heavy (non-hydrogen) atoms. The summed E-state index contributed by atoms with van der Waals surface area (Å²) in [6, 6.07) is 7.41. The zero-order chi connectivity index (χ0) is 24.8. The highest BCUT2D eigenvalue weighted by atomic mass is 32.2. The Kier molecular flexibility index (Phi) is 7.35. The van der Waals surface area contributed by atoms with Crippen LogP contribution in [0.3, 0.4) is 0 Å². The highest BCUT2D eigenvalue weighted by Gasteiger charge is 2.33. The average Bonchev–Trinajstić information content (AvgIpc) is 3.09. The van der Waals surface area contributed by atoms with Crippen molar-refractivity contribution < 1.29 is 18.6 Å². The molecule has 3 rings (SSSR count). The van der Waals surface area contributed by atoms with E-state index in [1.807, 2.05) is 0 Å². The third-order valence-corrected chi connectivity index (χ3v) is 9.65. The second kappa shape index (κ2) is 9.29. The summed E-state index contributed by atoms with van der Waals surface area (Å²) < 4.78 is 29.4. The van der Waals surface area contributed by atoms with E-state index < -0.39 is 10.0 Å². The van der Waals surface area contributed by atoms with Gasteiger partial charge >= 0.3 is 0 Å². The van der Waals surface area contributed by atoms with Gasteiger partial charge in [-0.2, -0.15) is 4.31 Å². The van der Waals surface area contributed by atoms with Crippen LogP contribution in [0.4, 0.5) is 0 Å². The number of thioether (sulfide) groups is 1. The van der Waals surface area contributed by atoms with Crippen LogP contribution in [0.1, 0.15) is 71.2 Å². The van der Waals surface area contributed by atoms with Gasteiger partial charge in [0.05, 0.1) is 6.61 Å². The van der Waals surface area contributed by atoms with Gasteiger partial charge in [0.2, 0.25) is 0 Å². The molecule has 1 aromatic carbocycles. The molecule has 0 saturated carbocycles. The Labute approximate surface area is 203 Å². The topological polar surface area (TPSA) is 82.8 Å². The van der Waals surface area contributed by atoms with Gasteiger partial charge in [0.15, 0.2) is 5.03 Å². The van der Waals surface area contributed by atoms with Crippen molar-refractivity contribution in [1.29, 1.82) is 0 Å². The zero-order valence-corrected chi connectivity index (χ0v) is 22.5. The van der Waals surface area contributed by atoms with Crippen molar-refractivity contribution in [3.8, 4) is 5.75 Å². The zero-order valence-electron chi connectivity index (χ0n) is 20.8. The van der Waals surface area contributed by atoms with Gasteiger partial charge < -0.3 is 14.8 Å². The summed E-state index contributed by atoms with van der Waals surface area (Å²) in [7, 11) is -1.92. The third-order valence-electron chi connectivity index (χ3n) is 6.35. The quantitative estimate of drug-likeness (QED) is 0.626. The lowest BCUT2D eigenvalue weighted by molar-refractivity contribution is 0.271. The van der Waals surface area contributed by atoms with E-state index in [9.17, 15) is 18.6 Å². The van der Waals surface area contributed by atoms with Crippen molar-refractivity contribution in [3.05, 3.63) is 41.1 Å². The molecule has 2 heterocycles. The van der Waals surface area contributed by atoms with Crippen LogP contribution in [0, 0.1) is 0 Å². The van der Waals surface area contributed by atoms with Gasteiger partial charge in [-0.25, -0.2) is 8.42 Å². The maximum Gasteiger partial charge on any atom is 0.258 e. The second-order valence-electron chi connectivity index (χ2n) is 11.0. The molecule has 0 aliphatic carbocycles. The van der Waals surface area contributed by atoms with Crippen molar-refractivity contribution in [1.82, 2.24) is 8.87 Å². The lowest BCUT2D eigenvalue weighted by Crippen LogP contribution is -2.40. The molecule has 184 valence electrons. The monoisotopic (exact) mass is 494 g/mol. The highest BCUT2D eigenvalue weighted by molar-refractivity contribution is 8.00. The number of phenols is 1. The Bertz CT molecular complexity index is 1070. The summed E-state index contributed by atoms with van der Waals surface area (Å²) in [5.41, 5.74) is 2.11. The maximum absolute atomic E-state index is 13.1. The number of aromatic nitrogens is 1. The third kappa shape index (κ3) is 5.45. The maximum atomic E-state index is 13.1. The standard InChI is InChI=1S/C25H38N2O4S2/c1-24(2,3)20-14-19(15-21(23(20)29)25(4,5)6)32-18-10-12-27(13-11-18)33(30,31)22-9-8-17(16-28)26(22)7/h8-9,14-15,18,28-29H,10-13,16H2,1-7H3. The Balaban J connectivity index is 1.78. The fraction of sp³-hybridized carbons (Fsp3) is 0.600. The molecule has 0 atom stereocenters. The number of piperidine rings is 1.